The zero-order chi connectivity index (χ0) is 14.8. The molecule has 0 amide bonds. The minimum absolute atomic E-state index is 0.640. The van der Waals surface area contributed by atoms with Crippen molar-refractivity contribution in [3.63, 3.8) is 0 Å². The van der Waals surface area contributed by atoms with E-state index in [0.717, 1.165) is 37.6 Å². The molecule has 0 aromatic heterocycles. The van der Waals surface area contributed by atoms with E-state index in [0.29, 0.717) is 6.54 Å². The first-order chi connectivity index (χ1) is 10.2. The molecule has 3 rings (SSSR count). The first kappa shape index (κ1) is 14.3. The number of benzene rings is 2. The van der Waals surface area contributed by atoms with Crippen LogP contribution in [0, 0.1) is 0 Å². The summed E-state index contributed by atoms with van der Waals surface area (Å²) in [5.74, 6) is 1.48. The summed E-state index contributed by atoms with van der Waals surface area (Å²) in [6.45, 7) is 0.640. The molecule has 3 nitrogen and oxygen atoms in total. The van der Waals surface area contributed by atoms with Crippen molar-refractivity contribution in [3.8, 4) is 11.5 Å². The lowest BCUT2D eigenvalue weighted by Crippen LogP contribution is -2.04. The molecule has 108 valence electrons. The Morgan fingerprint density at radius 3 is 2.38 bits per heavy atom. The Morgan fingerprint density at radius 2 is 1.71 bits per heavy atom. The van der Waals surface area contributed by atoms with Crippen LogP contribution in [0.5, 0.6) is 11.5 Å². The molecule has 0 radical (unpaired) electrons. The van der Waals surface area contributed by atoms with Gasteiger partial charge in [0, 0.05) is 15.5 Å². The van der Waals surface area contributed by atoms with Gasteiger partial charge in [-0.25, -0.2) is 0 Å². The van der Waals surface area contributed by atoms with Gasteiger partial charge in [-0.3, -0.25) is 4.99 Å². The fourth-order valence-corrected chi connectivity index (χ4v) is 3.29. The molecule has 0 atom stereocenters. The lowest BCUT2D eigenvalue weighted by Gasteiger charge is -2.18. The maximum absolute atomic E-state index is 5.93. The summed E-state index contributed by atoms with van der Waals surface area (Å²) in [5.41, 5.74) is 2.22. The van der Waals surface area contributed by atoms with Gasteiger partial charge in [-0.2, -0.15) is 0 Å². The predicted molar refractivity (Wildman–Crippen MR) is 87.1 cm³/mol. The molecule has 21 heavy (non-hydrogen) atoms. The van der Waals surface area contributed by atoms with Crippen molar-refractivity contribution in [2.45, 2.75) is 11.4 Å². The second kappa shape index (κ2) is 6.00. The van der Waals surface area contributed by atoms with Gasteiger partial charge < -0.3 is 9.47 Å². The molecule has 1 aliphatic rings. The Morgan fingerprint density at radius 1 is 1.05 bits per heavy atom. The maximum atomic E-state index is 5.93. The SMILES string of the molecule is COc1cc2c(cc1OC)SC(c1ccc(Cl)cc1)=NC2. The second-order valence-corrected chi connectivity index (χ2v) is 6.01. The molecular weight excluding hydrogens is 306 g/mol. The van der Waals surface area contributed by atoms with Crippen molar-refractivity contribution in [2.24, 2.45) is 4.99 Å². The highest BCUT2D eigenvalue weighted by molar-refractivity contribution is 8.14. The summed E-state index contributed by atoms with van der Waals surface area (Å²) in [4.78, 5) is 5.79. The van der Waals surface area contributed by atoms with Crippen LogP contribution in [0.15, 0.2) is 46.3 Å². The molecule has 0 aliphatic carbocycles. The van der Waals surface area contributed by atoms with Gasteiger partial charge in [0.2, 0.25) is 0 Å². The molecule has 0 saturated heterocycles. The van der Waals surface area contributed by atoms with Crippen molar-refractivity contribution in [2.75, 3.05) is 14.2 Å². The number of halogens is 1. The number of fused-ring (bicyclic) bond motifs is 1. The molecule has 0 bridgehead atoms. The van der Waals surface area contributed by atoms with E-state index < -0.39 is 0 Å². The fourth-order valence-electron chi connectivity index (χ4n) is 2.16. The molecule has 2 aromatic carbocycles. The molecule has 1 heterocycles. The van der Waals surface area contributed by atoms with Gasteiger partial charge in [0.1, 0.15) is 5.04 Å². The minimum Gasteiger partial charge on any atom is -0.493 e. The molecule has 2 aromatic rings. The predicted octanol–water partition coefficient (Wildman–Crippen LogP) is 4.41. The number of aliphatic imine (C=N–C) groups is 1. The van der Waals surface area contributed by atoms with E-state index in [9.17, 15) is 0 Å². The number of thioether (sulfide) groups is 1. The van der Waals surface area contributed by atoms with Gasteiger partial charge in [0.25, 0.3) is 0 Å². The van der Waals surface area contributed by atoms with E-state index in [1.807, 2.05) is 36.4 Å². The van der Waals surface area contributed by atoms with Crippen molar-refractivity contribution >= 4 is 28.4 Å². The van der Waals surface area contributed by atoms with Crippen LogP contribution in [0.1, 0.15) is 11.1 Å². The first-order valence-electron chi connectivity index (χ1n) is 6.44. The number of rotatable bonds is 3. The Labute approximate surface area is 132 Å². The highest BCUT2D eigenvalue weighted by Crippen LogP contribution is 2.39. The van der Waals surface area contributed by atoms with E-state index in [1.165, 1.54) is 0 Å². The molecular formula is C16H14ClNO2S. The number of ether oxygens (including phenoxy) is 2. The van der Waals surface area contributed by atoms with Crippen LogP contribution in [-0.4, -0.2) is 19.3 Å². The largest absolute Gasteiger partial charge is 0.493 e. The lowest BCUT2D eigenvalue weighted by molar-refractivity contribution is 0.353. The Bertz CT molecular complexity index is 698. The molecule has 0 fully saturated rings. The molecule has 5 heteroatoms. The van der Waals surface area contributed by atoms with Crippen LogP contribution < -0.4 is 9.47 Å². The van der Waals surface area contributed by atoms with Gasteiger partial charge in [0.05, 0.1) is 20.8 Å². The summed E-state index contributed by atoms with van der Waals surface area (Å²) in [5, 5.41) is 1.72. The normalized spacial score (nSPS) is 13.4. The average molecular weight is 320 g/mol. The summed E-state index contributed by atoms with van der Waals surface area (Å²) >= 11 is 7.56. The smallest absolute Gasteiger partial charge is 0.161 e. The van der Waals surface area contributed by atoms with Gasteiger partial charge in [0.15, 0.2) is 11.5 Å². The Hall–Kier alpha value is -1.65. The van der Waals surface area contributed by atoms with Crippen molar-refractivity contribution < 1.29 is 9.47 Å². The van der Waals surface area contributed by atoms with Crippen LogP contribution >= 0.6 is 23.4 Å². The molecule has 0 unspecified atom stereocenters. The fraction of sp³-hybridized carbons (Fsp3) is 0.188. The zero-order valence-corrected chi connectivity index (χ0v) is 13.3. The number of methoxy groups -OCH3 is 2. The number of hydrogen-bond acceptors (Lipinski definition) is 4. The number of hydrogen-bond donors (Lipinski definition) is 0. The highest BCUT2D eigenvalue weighted by atomic mass is 35.5. The standard InChI is InChI=1S/C16H14ClNO2S/c1-19-13-7-11-9-18-16(10-3-5-12(17)6-4-10)21-15(11)8-14(13)20-2/h3-8H,9H2,1-2H3. The lowest BCUT2D eigenvalue weighted by atomic mass is 10.2. The minimum atomic E-state index is 0.640. The van der Waals surface area contributed by atoms with Gasteiger partial charge >= 0.3 is 0 Å². The summed E-state index contributed by atoms with van der Waals surface area (Å²) < 4.78 is 10.7. The van der Waals surface area contributed by atoms with Crippen molar-refractivity contribution in [3.05, 3.63) is 52.5 Å². The molecule has 0 saturated carbocycles. The van der Waals surface area contributed by atoms with E-state index in [4.69, 9.17) is 21.1 Å². The van der Waals surface area contributed by atoms with Gasteiger partial charge in [-0.15, -0.1) is 0 Å². The third-order valence-corrected chi connectivity index (χ3v) is 4.67. The van der Waals surface area contributed by atoms with Crippen LogP contribution in [0.25, 0.3) is 0 Å². The van der Waals surface area contributed by atoms with E-state index in [-0.39, 0.29) is 0 Å². The third kappa shape index (κ3) is 2.87. The van der Waals surface area contributed by atoms with Crippen LogP contribution in [0.4, 0.5) is 0 Å². The summed E-state index contributed by atoms with van der Waals surface area (Å²) in [7, 11) is 3.29. The second-order valence-electron chi connectivity index (χ2n) is 4.55. The van der Waals surface area contributed by atoms with Crippen LogP contribution in [0.2, 0.25) is 5.02 Å². The van der Waals surface area contributed by atoms with E-state index >= 15 is 0 Å². The first-order valence-corrected chi connectivity index (χ1v) is 7.64. The third-order valence-electron chi connectivity index (χ3n) is 3.26. The number of nitrogens with zero attached hydrogens (tertiary/aromatic N) is 1. The summed E-state index contributed by atoms with van der Waals surface area (Å²) in [6.07, 6.45) is 0. The van der Waals surface area contributed by atoms with Crippen molar-refractivity contribution in [1.29, 1.82) is 0 Å². The molecule has 1 aliphatic heterocycles. The summed E-state index contributed by atoms with van der Waals surface area (Å²) in [6, 6.07) is 11.7. The van der Waals surface area contributed by atoms with E-state index in [2.05, 4.69) is 4.99 Å². The average Bonchev–Trinajstić information content (AvgIpc) is 2.53. The quantitative estimate of drug-likeness (QED) is 0.839. The maximum Gasteiger partial charge on any atom is 0.161 e. The van der Waals surface area contributed by atoms with Gasteiger partial charge in [-0.1, -0.05) is 35.5 Å². The van der Waals surface area contributed by atoms with Crippen molar-refractivity contribution in [1.82, 2.24) is 0 Å². The monoisotopic (exact) mass is 319 g/mol. The molecule has 0 N–H and O–H groups in total. The Balaban J connectivity index is 1.93. The Kier molecular flexibility index (Phi) is 4.08. The molecule has 0 spiro atoms. The van der Waals surface area contributed by atoms with Crippen LogP contribution in [0.3, 0.4) is 0 Å². The topological polar surface area (TPSA) is 30.8 Å². The zero-order valence-electron chi connectivity index (χ0n) is 11.7. The highest BCUT2D eigenvalue weighted by Gasteiger charge is 2.18. The van der Waals surface area contributed by atoms with E-state index in [1.54, 1.807) is 26.0 Å². The van der Waals surface area contributed by atoms with Gasteiger partial charge in [-0.05, 0) is 29.8 Å². The van der Waals surface area contributed by atoms with Crippen LogP contribution in [-0.2, 0) is 6.54 Å².